The summed E-state index contributed by atoms with van der Waals surface area (Å²) in [5.41, 5.74) is 3.32. The van der Waals surface area contributed by atoms with Crippen molar-refractivity contribution >= 4 is 5.97 Å². The molecule has 0 bridgehead atoms. The summed E-state index contributed by atoms with van der Waals surface area (Å²) in [6.07, 6.45) is 0. The predicted octanol–water partition coefficient (Wildman–Crippen LogP) is 6.81. The number of hydrogen-bond donors (Lipinski definition) is 1. The zero-order chi connectivity index (χ0) is 22.4. The van der Waals surface area contributed by atoms with Crippen molar-refractivity contribution < 1.29 is 14.6 Å². The van der Waals surface area contributed by atoms with Crippen LogP contribution in [0.5, 0.6) is 11.5 Å². The highest BCUT2D eigenvalue weighted by molar-refractivity contribution is 5.92. The van der Waals surface area contributed by atoms with E-state index in [1.54, 1.807) is 12.1 Å². The number of rotatable bonds is 2. The molecular formula is C26H36O3. The van der Waals surface area contributed by atoms with Crippen LogP contribution in [-0.4, -0.2) is 11.1 Å². The fraction of sp³-hybridized carbons (Fsp3) is 0.500. The largest absolute Gasteiger partial charge is 0.507 e. The van der Waals surface area contributed by atoms with Crippen molar-refractivity contribution in [2.45, 2.75) is 85.5 Å². The number of carbonyl (C=O) groups excluding carboxylic acids is 1. The number of carbonyl (C=O) groups is 1. The van der Waals surface area contributed by atoms with E-state index in [1.165, 1.54) is 0 Å². The Hall–Kier alpha value is -2.29. The van der Waals surface area contributed by atoms with E-state index in [-0.39, 0.29) is 22.0 Å². The fourth-order valence-electron chi connectivity index (χ4n) is 3.37. The lowest BCUT2D eigenvalue weighted by Gasteiger charge is -2.28. The molecule has 0 aliphatic carbocycles. The lowest BCUT2D eigenvalue weighted by Crippen LogP contribution is -2.21. The van der Waals surface area contributed by atoms with Crippen molar-refractivity contribution in [3.8, 4) is 11.5 Å². The van der Waals surface area contributed by atoms with Gasteiger partial charge in [-0.2, -0.15) is 0 Å². The Kier molecular flexibility index (Phi) is 5.96. The average molecular weight is 397 g/mol. The highest BCUT2D eigenvalue weighted by Gasteiger charge is 2.29. The molecule has 3 nitrogen and oxygen atoms in total. The molecule has 0 spiro atoms. The van der Waals surface area contributed by atoms with E-state index < -0.39 is 5.97 Å². The van der Waals surface area contributed by atoms with Gasteiger partial charge in [0, 0.05) is 16.7 Å². The number of esters is 1. The third-order valence-corrected chi connectivity index (χ3v) is 5.11. The zero-order valence-electron chi connectivity index (χ0n) is 19.7. The summed E-state index contributed by atoms with van der Waals surface area (Å²) < 4.78 is 5.87. The standard InChI is InChI=1S/C26H36O3/c1-16-11-12-21(18(13-16)24(2,3)4)29-23(28)17-14-19(25(5,6)7)22(27)20(15-17)26(8,9)10/h11-15,27H,1-10H3. The lowest BCUT2D eigenvalue weighted by atomic mass is 9.78. The summed E-state index contributed by atoms with van der Waals surface area (Å²) >= 11 is 0. The lowest BCUT2D eigenvalue weighted by molar-refractivity contribution is 0.0731. The van der Waals surface area contributed by atoms with Crippen LogP contribution < -0.4 is 4.74 Å². The van der Waals surface area contributed by atoms with E-state index in [4.69, 9.17) is 4.74 Å². The molecule has 29 heavy (non-hydrogen) atoms. The maximum absolute atomic E-state index is 13.1. The van der Waals surface area contributed by atoms with E-state index in [9.17, 15) is 9.90 Å². The molecule has 0 saturated heterocycles. The average Bonchev–Trinajstić information content (AvgIpc) is 2.53. The molecule has 0 aliphatic rings. The minimum atomic E-state index is -0.407. The minimum absolute atomic E-state index is 0.149. The van der Waals surface area contributed by atoms with E-state index in [0.29, 0.717) is 11.3 Å². The van der Waals surface area contributed by atoms with Crippen LogP contribution in [0, 0.1) is 6.92 Å². The Bertz CT molecular complexity index is 881. The van der Waals surface area contributed by atoms with Gasteiger partial charge in [0.2, 0.25) is 0 Å². The maximum Gasteiger partial charge on any atom is 0.343 e. The second-order valence-corrected chi connectivity index (χ2v) is 11.1. The van der Waals surface area contributed by atoms with Crippen molar-refractivity contribution in [2.24, 2.45) is 0 Å². The number of phenols is 1. The molecule has 0 amide bonds. The highest BCUT2D eigenvalue weighted by atomic mass is 16.5. The first-order valence-electron chi connectivity index (χ1n) is 10.2. The molecule has 0 aromatic heterocycles. The monoisotopic (exact) mass is 396 g/mol. The molecular weight excluding hydrogens is 360 g/mol. The van der Waals surface area contributed by atoms with Gasteiger partial charge in [-0.15, -0.1) is 0 Å². The summed E-state index contributed by atoms with van der Waals surface area (Å²) in [5, 5.41) is 10.9. The number of benzene rings is 2. The first-order chi connectivity index (χ1) is 13.0. The molecule has 158 valence electrons. The van der Waals surface area contributed by atoms with E-state index in [1.807, 2.05) is 60.6 Å². The zero-order valence-corrected chi connectivity index (χ0v) is 19.7. The molecule has 2 aromatic carbocycles. The number of phenolic OH excluding ortho intramolecular Hbond substituents is 1. The van der Waals surface area contributed by atoms with Crippen molar-refractivity contribution in [2.75, 3.05) is 0 Å². The van der Waals surface area contributed by atoms with Gasteiger partial charge >= 0.3 is 5.97 Å². The Morgan fingerprint density at radius 1 is 0.759 bits per heavy atom. The molecule has 0 saturated carbocycles. The van der Waals surface area contributed by atoms with Crippen molar-refractivity contribution in [3.63, 3.8) is 0 Å². The summed E-state index contributed by atoms with van der Waals surface area (Å²) in [5.74, 6) is 0.429. The van der Waals surface area contributed by atoms with Crippen LogP contribution in [0.4, 0.5) is 0 Å². The Morgan fingerprint density at radius 2 is 1.21 bits per heavy atom. The second kappa shape index (κ2) is 7.51. The number of aryl methyl sites for hydroxylation is 1. The molecule has 0 aliphatic heterocycles. The third kappa shape index (κ3) is 5.20. The number of ether oxygens (including phenoxy) is 1. The van der Waals surface area contributed by atoms with Crippen LogP contribution in [0.3, 0.4) is 0 Å². The van der Waals surface area contributed by atoms with Crippen molar-refractivity contribution in [1.29, 1.82) is 0 Å². The highest BCUT2D eigenvalue weighted by Crippen LogP contribution is 2.40. The first-order valence-corrected chi connectivity index (χ1v) is 10.2. The first kappa shape index (κ1) is 23.0. The Labute approximate surface area is 176 Å². The van der Waals surface area contributed by atoms with Gasteiger partial charge in [-0.1, -0.05) is 80.0 Å². The minimum Gasteiger partial charge on any atom is -0.507 e. The third-order valence-electron chi connectivity index (χ3n) is 5.11. The van der Waals surface area contributed by atoms with Gasteiger partial charge in [0.25, 0.3) is 0 Å². The molecule has 2 aromatic rings. The van der Waals surface area contributed by atoms with Crippen molar-refractivity contribution in [1.82, 2.24) is 0 Å². The summed E-state index contributed by atoms with van der Waals surface area (Å²) in [6.45, 7) is 20.5. The normalized spacial score (nSPS) is 12.8. The second-order valence-electron chi connectivity index (χ2n) is 11.1. The van der Waals surface area contributed by atoms with Gasteiger partial charge in [-0.3, -0.25) is 0 Å². The van der Waals surface area contributed by atoms with Crippen molar-refractivity contribution in [3.05, 3.63) is 58.1 Å². The molecule has 3 heteroatoms. The summed E-state index contributed by atoms with van der Waals surface area (Å²) in [6, 6.07) is 9.41. The molecule has 0 heterocycles. The van der Waals surface area contributed by atoms with Crippen LogP contribution in [-0.2, 0) is 16.2 Å². The molecule has 1 N–H and O–H groups in total. The fourth-order valence-corrected chi connectivity index (χ4v) is 3.37. The van der Waals surface area contributed by atoms with Gasteiger partial charge in [0.05, 0.1) is 5.56 Å². The topological polar surface area (TPSA) is 46.5 Å². The molecule has 0 fully saturated rings. The number of hydrogen-bond acceptors (Lipinski definition) is 3. The van der Waals surface area contributed by atoms with Crippen LogP contribution in [0.2, 0.25) is 0 Å². The maximum atomic E-state index is 13.1. The van der Waals surface area contributed by atoms with Gasteiger partial charge in [0.15, 0.2) is 0 Å². The van der Waals surface area contributed by atoms with E-state index >= 15 is 0 Å². The molecule has 2 rings (SSSR count). The summed E-state index contributed by atoms with van der Waals surface area (Å²) in [7, 11) is 0. The van der Waals surface area contributed by atoms with Gasteiger partial charge in [0.1, 0.15) is 11.5 Å². The molecule has 0 radical (unpaired) electrons. The predicted molar refractivity (Wildman–Crippen MR) is 120 cm³/mol. The van der Waals surface area contributed by atoms with Crippen LogP contribution in [0.25, 0.3) is 0 Å². The Balaban J connectivity index is 2.58. The van der Waals surface area contributed by atoms with Crippen LogP contribution in [0.1, 0.15) is 94.9 Å². The quantitative estimate of drug-likeness (QED) is 0.448. The van der Waals surface area contributed by atoms with Gasteiger partial charge in [-0.25, -0.2) is 4.79 Å². The SMILES string of the molecule is Cc1ccc(OC(=O)c2cc(C(C)(C)C)c(O)c(C(C)(C)C)c2)c(C(C)(C)C)c1. The van der Waals surface area contributed by atoms with E-state index in [0.717, 1.165) is 22.3 Å². The van der Waals surface area contributed by atoms with E-state index in [2.05, 4.69) is 26.8 Å². The van der Waals surface area contributed by atoms with Gasteiger partial charge < -0.3 is 9.84 Å². The summed E-state index contributed by atoms with van der Waals surface area (Å²) in [4.78, 5) is 13.1. The Morgan fingerprint density at radius 3 is 1.62 bits per heavy atom. The smallest absolute Gasteiger partial charge is 0.343 e. The molecule has 0 atom stereocenters. The van der Waals surface area contributed by atoms with Crippen LogP contribution >= 0.6 is 0 Å². The van der Waals surface area contributed by atoms with Gasteiger partial charge in [-0.05, 0) is 41.4 Å². The molecule has 0 unspecified atom stereocenters. The number of aromatic hydroxyl groups is 1. The van der Waals surface area contributed by atoms with Crippen LogP contribution in [0.15, 0.2) is 30.3 Å².